The van der Waals surface area contributed by atoms with Gasteiger partial charge in [-0.15, -0.1) is 0 Å². The molecule has 1 aromatic carbocycles. The fourth-order valence-electron chi connectivity index (χ4n) is 2.92. The number of carbonyl (C=O) groups excluding carboxylic acids is 1. The van der Waals surface area contributed by atoms with Crippen molar-refractivity contribution in [2.24, 2.45) is 17.6 Å². The van der Waals surface area contributed by atoms with Gasteiger partial charge in [0, 0.05) is 17.8 Å². The van der Waals surface area contributed by atoms with E-state index in [0.29, 0.717) is 17.7 Å². The first-order valence-electron chi connectivity index (χ1n) is 7.32. The number of benzene rings is 1. The Morgan fingerprint density at radius 1 is 1.40 bits per heavy atom. The molecule has 20 heavy (non-hydrogen) atoms. The highest BCUT2D eigenvalue weighted by atomic mass is 16.5. The summed E-state index contributed by atoms with van der Waals surface area (Å²) in [5.74, 6) is 1.71. The van der Waals surface area contributed by atoms with E-state index in [1.54, 1.807) is 0 Å². The van der Waals surface area contributed by atoms with Crippen LogP contribution in [0.4, 0.5) is 5.69 Å². The van der Waals surface area contributed by atoms with Crippen LogP contribution >= 0.6 is 0 Å². The van der Waals surface area contributed by atoms with Gasteiger partial charge in [-0.1, -0.05) is 19.9 Å². The van der Waals surface area contributed by atoms with Gasteiger partial charge in [-0.3, -0.25) is 4.79 Å². The lowest BCUT2D eigenvalue weighted by molar-refractivity contribution is -0.119. The molecule has 1 aromatic rings. The number of carbonyl (C=O) groups is 1. The lowest BCUT2D eigenvalue weighted by atomic mass is 9.80. The second kappa shape index (κ2) is 6.64. The summed E-state index contributed by atoms with van der Waals surface area (Å²) in [4.78, 5) is 10.7. The molecule has 3 N–H and O–H groups in total. The van der Waals surface area contributed by atoms with Crippen LogP contribution in [0.1, 0.15) is 33.1 Å². The van der Waals surface area contributed by atoms with Gasteiger partial charge >= 0.3 is 0 Å². The van der Waals surface area contributed by atoms with Gasteiger partial charge in [0.1, 0.15) is 5.75 Å². The zero-order chi connectivity index (χ0) is 14.5. The lowest BCUT2D eigenvalue weighted by Crippen LogP contribution is -2.32. The third-order valence-electron chi connectivity index (χ3n) is 4.00. The predicted molar refractivity (Wildman–Crippen MR) is 80.7 cm³/mol. The smallest absolute Gasteiger partial charge is 0.255 e. The van der Waals surface area contributed by atoms with E-state index in [0.717, 1.165) is 11.6 Å². The van der Waals surface area contributed by atoms with E-state index in [1.807, 2.05) is 24.3 Å². The van der Waals surface area contributed by atoms with Gasteiger partial charge in [-0.2, -0.15) is 0 Å². The molecule has 0 radical (unpaired) electrons. The largest absolute Gasteiger partial charge is 0.484 e. The molecule has 0 bridgehead atoms. The van der Waals surface area contributed by atoms with Gasteiger partial charge in [0.2, 0.25) is 0 Å². The van der Waals surface area contributed by atoms with E-state index in [9.17, 15) is 4.79 Å². The van der Waals surface area contributed by atoms with Gasteiger partial charge in [-0.05, 0) is 43.2 Å². The van der Waals surface area contributed by atoms with E-state index in [2.05, 4.69) is 19.2 Å². The molecule has 1 fully saturated rings. The number of hydrogen-bond acceptors (Lipinski definition) is 3. The maximum Gasteiger partial charge on any atom is 0.255 e. The Morgan fingerprint density at radius 2 is 2.20 bits per heavy atom. The second-order valence-electron chi connectivity index (χ2n) is 5.93. The summed E-state index contributed by atoms with van der Waals surface area (Å²) < 4.78 is 5.33. The van der Waals surface area contributed by atoms with Crippen molar-refractivity contribution in [2.45, 2.75) is 39.2 Å². The number of anilines is 1. The monoisotopic (exact) mass is 276 g/mol. The molecule has 0 spiro atoms. The van der Waals surface area contributed by atoms with Crippen LogP contribution in [0.5, 0.6) is 5.75 Å². The highest BCUT2D eigenvalue weighted by Crippen LogP contribution is 2.31. The summed E-state index contributed by atoms with van der Waals surface area (Å²) in [6, 6.07) is 8.22. The molecule has 0 aromatic heterocycles. The van der Waals surface area contributed by atoms with Crippen LogP contribution in [0.25, 0.3) is 0 Å². The maximum absolute atomic E-state index is 10.7. The molecule has 0 heterocycles. The number of rotatable bonds is 5. The molecule has 4 heteroatoms. The second-order valence-corrected chi connectivity index (χ2v) is 5.93. The average molecular weight is 276 g/mol. The molecular weight excluding hydrogens is 252 g/mol. The first kappa shape index (κ1) is 14.7. The Hall–Kier alpha value is -1.71. The van der Waals surface area contributed by atoms with Crippen molar-refractivity contribution in [3.63, 3.8) is 0 Å². The van der Waals surface area contributed by atoms with Crippen LogP contribution in [0.2, 0.25) is 0 Å². The third kappa shape index (κ3) is 4.15. The summed E-state index contributed by atoms with van der Waals surface area (Å²) in [7, 11) is 0. The average Bonchev–Trinajstić information content (AvgIpc) is 2.40. The molecule has 1 aliphatic rings. The van der Waals surface area contributed by atoms with E-state index in [4.69, 9.17) is 10.5 Å². The van der Waals surface area contributed by atoms with Crippen LogP contribution < -0.4 is 15.8 Å². The predicted octanol–water partition coefficient (Wildman–Crippen LogP) is 2.79. The fraction of sp³-hybridized carbons (Fsp3) is 0.562. The Kier molecular flexibility index (Phi) is 4.88. The van der Waals surface area contributed by atoms with Crippen molar-refractivity contribution in [1.82, 2.24) is 0 Å². The van der Waals surface area contributed by atoms with Gasteiger partial charge in [-0.25, -0.2) is 0 Å². The summed E-state index contributed by atoms with van der Waals surface area (Å²) in [6.07, 6.45) is 3.75. The standard InChI is InChI=1S/C16H24N2O2/c1-11-6-7-15(12(2)8-11)18-13-4-3-5-14(9-13)20-10-16(17)19/h3-5,9,11-12,15,18H,6-8,10H2,1-2H3,(H2,17,19). The molecular formula is C16H24N2O2. The zero-order valence-corrected chi connectivity index (χ0v) is 12.3. The van der Waals surface area contributed by atoms with Crippen LogP contribution in [-0.4, -0.2) is 18.6 Å². The summed E-state index contributed by atoms with van der Waals surface area (Å²) >= 11 is 0. The van der Waals surface area contributed by atoms with Crippen molar-refractivity contribution >= 4 is 11.6 Å². The van der Waals surface area contributed by atoms with Crippen molar-refractivity contribution < 1.29 is 9.53 Å². The van der Waals surface area contributed by atoms with Gasteiger partial charge in [0.15, 0.2) is 6.61 Å². The molecule has 0 saturated heterocycles. The molecule has 4 nitrogen and oxygen atoms in total. The first-order valence-corrected chi connectivity index (χ1v) is 7.32. The zero-order valence-electron chi connectivity index (χ0n) is 12.3. The molecule has 0 aliphatic heterocycles. The first-order chi connectivity index (χ1) is 9.54. The summed E-state index contributed by atoms with van der Waals surface area (Å²) in [5, 5.41) is 3.58. The summed E-state index contributed by atoms with van der Waals surface area (Å²) in [5.41, 5.74) is 6.12. The van der Waals surface area contributed by atoms with Gasteiger partial charge in [0.05, 0.1) is 0 Å². The maximum atomic E-state index is 10.7. The number of primary amides is 1. The van der Waals surface area contributed by atoms with Crippen LogP contribution in [0.15, 0.2) is 24.3 Å². The van der Waals surface area contributed by atoms with Crippen molar-refractivity contribution in [3.05, 3.63) is 24.3 Å². The minimum absolute atomic E-state index is 0.0825. The molecule has 110 valence electrons. The van der Waals surface area contributed by atoms with Crippen molar-refractivity contribution in [3.8, 4) is 5.75 Å². The molecule has 1 saturated carbocycles. The number of ether oxygens (including phenoxy) is 1. The number of nitrogens with one attached hydrogen (secondary N) is 1. The number of nitrogens with two attached hydrogens (primary N) is 1. The molecule has 3 unspecified atom stereocenters. The molecule has 2 rings (SSSR count). The fourth-order valence-corrected chi connectivity index (χ4v) is 2.92. The van der Waals surface area contributed by atoms with E-state index >= 15 is 0 Å². The topological polar surface area (TPSA) is 64.3 Å². The van der Waals surface area contributed by atoms with Gasteiger partial charge < -0.3 is 15.8 Å². The molecule has 3 atom stereocenters. The molecule has 1 aliphatic carbocycles. The minimum atomic E-state index is -0.460. The normalized spacial score (nSPS) is 26.0. The Labute approximate surface area is 120 Å². The number of amides is 1. The van der Waals surface area contributed by atoms with E-state index < -0.39 is 5.91 Å². The van der Waals surface area contributed by atoms with Crippen LogP contribution in [-0.2, 0) is 4.79 Å². The van der Waals surface area contributed by atoms with Crippen molar-refractivity contribution in [2.75, 3.05) is 11.9 Å². The quantitative estimate of drug-likeness (QED) is 0.869. The van der Waals surface area contributed by atoms with E-state index in [-0.39, 0.29) is 6.61 Å². The molecule has 1 amide bonds. The van der Waals surface area contributed by atoms with E-state index in [1.165, 1.54) is 19.3 Å². The Balaban J connectivity index is 1.95. The van der Waals surface area contributed by atoms with Crippen LogP contribution in [0.3, 0.4) is 0 Å². The Morgan fingerprint density at radius 3 is 2.90 bits per heavy atom. The highest BCUT2D eigenvalue weighted by Gasteiger charge is 2.25. The van der Waals surface area contributed by atoms with Crippen molar-refractivity contribution in [1.29, 1.82) is 0 Å². The number of hydrogen-bond donors (Lipinski definition) is 2. The third-order valence-corrected chi connectivity index (χ3v) is 4.00. The van der Waals surface area contributed by atoms with Crippen LogP contribution in [0, 0.1) is 11.8 Å². The Bertz CT molecular complexity index is 462. The summed E-state index contributed by atoms with van der Waals surface area (Å²) in [6.45, 7) is 4.55. The SMILES string of the molecule is CC1CCC(Nc2cccc(OCC(N)=O)c2)C(C)C1. The highest BCUT2D eigenvalue weighted by molar-refractivity contribution is 5.75. The minimum Gasteiger partial charge on any atom is -0.484 e. The van der Waals surface area contributed by atoms with Gasteiger partial charge in [0.25, 0.3) is 5.91 Å². The lowest BCUT2D eigenvalue weighted by Gasteiger charge is -2.33.